The Labute approximate surface area is 231 Å². The molecule has 1 fully saturated rings. The quantitative estimate of drug-likeness (QED) is 0.475. The van der Waals surface area contributed by atoms with Crippen LogP contribution in [0.5, 0.6) is 0 Å². The van der Waals surface area contributed by atoms with Crippen LogP contribution in [0.1, 0.15) is 32.2 Å². The zero-order chi connectivity index (χ0) is 27.7. The molecule has 0 amide bonds. The maximum atomic E-state index is 13.9. The van der Waals surface area contributed by atoms with Gasteiger partial charge in [-0.25, -0.2) is 4.99 Å². The first kappa shape index (κ1) is 24.2. The van der Waals surface area contributed by atoms with E-state index in [2.05, 4.69) is 37.6 Å². The van der Waals surface area contributed by atoms with Gasteiger partial charge in [0.15, 0.2) is 5.78 Å². The predicted octanol–water partition coefficient (Wildman–Crippen LogP) is 3.32. The summed E-state index contributed by atoms with van der Waals surface area (Å²) in [6, 6.07) is 10.0. The van der Waals surface area contributed by atoms with Crippen LogP contribution < -0.4 is 16.0 Å². The van der Waals surface area contributed by atoms with Crippen molar-refractivity contribution in [3.63, 3.8) is 0 Å². The number of H-pyrrole nitrogens is 2. The number of aryl methyl sites for hydroxylation is 1. The van der Waals surface area contributed by atoms with E-state index in [0.29, 0.717) is 0 Å². The number of ketones is 1. The molecule has 1 saturated heterocycles. The monoisotopic (exact) mass is 527 g/mol. The maximum absolute atomic E-state index is 13.9. The van der Waals surface area contributed by atoms with Crippen LogP contribution in [0, 0.1) is 12.3 Å². The Kier molecular flexibility index (Phi) is 5.04. The second-order valence-electron chi connectivity index (χ2n) is 11.5. The Morgan fingerprint density at radius 3 is 2.48 bits per heavy atom. The van der Waals surface area contributed by atoms with Gasteiger partial charge in [0.25, 0.3) is 0 Å². The van der Waals surface area contributed by atoms with Crippen LogP contribution in [0.3, 0.4) is 0 Å². The molecule has 198 valence electrons. The molecule has 8 heteroatoms. The highest BCUT2D eigenvalue weighted by Gasteiger charge is 2.52. The highest BCUT2D eigenvalue weighted by Crippen LogP contribution is 2.44. The number of pyridine rings is 1. The molecule has 8 nitrogen and oxygen atoms in total. The number of aliphatic imine (C=N–C) groups is 2. The Morgan fingerprint density at radius 2 is 1.70 bits per heavy atom. The van der Waals surface area contributed by atoms with E-state index in [1.165, 1.54) is 0 Å². The number of carbonyl (C=O) groups is 1. The first-order chi connectivity index (χ1) is 19.1. The van der Waals surface area contributed by atoms with Crippen molar-refractivity contribution in [3.05, 3.63) is 106 Å². The molecular formula is C32H29N7O. The number of nitrogens with zero attached hydrogens (tertiary/aromatic N) is 4. The van der Waals surface area contributed by atoms with Crippen LogP contribution in [0.25, 0.3) is 23.4 Å². The van der Waals surface area contributed by atoms with Crippen molar-refractivity contribution < 1.29 is 4.79 Å². The van der Waals surface area contributed by atoms with E-state index < -0.39 is 16.5 Å². The third kappa shape index (κ3) is 3.87. The number of nitrogens with one attached hydrogen (secondary N) is 3. The molecule has 0 radical (unpaired) electrons. The zero-order valence-corrected chi connectivity index (χ0v) is 22.8. The fraction of sp³-hybridized carbons (Fsp3) is 0.219. The first-order valence-electron chi connectivity index (χ1n) is 13.3. The smallest absolute Gasteiger partial charge is 0.173 e. The molecule has 3 aromatic heterocycles. The normalized spacial score (nSPS) is 25.9. The summed E-state index contributed by atoms with van der Waals surface area (Å²) in [6.45, 7) is 7.78. The molecule has 8 bridgehead atoms. The van der Waals surface area contributed by atoms with Gasteiger partial charge in [-0.05, 0) is 107 Å². The summed E-state index contributed by atoms with van der Waals surface area (Å²) < 4.78 is 0. The largest absolute Gasteiger partial charge is 0.373 e. The minimum Gasteiger partial charge on any atom is -0.373 e. The number of hydrogen-bond donors (Lipinski definition) is 3. The molecule has 0 spiro atoms. The predicted molar refractivity (Wildman–Crippen MR) is 157 cm³/mol. The summed E-state index contributed by atoms with van der Waals surface area (Å²) in [6.07, 6.45) is 17.8. The average molecular weight is 528 g/mol. The number of aromatic amines is 2. The standard InChI is InChI=1S/C32H29N7O/c1-19-5-6-20(18-33-19)26-15-27(39-38-26)32-12-11-24(36-32)14-23-8-7-21(34-23)13-22-9-10-25(35-22)16-31(4)29(40)30(2,3)28(17-32)37-31/h5-18,34,37H,1-4H3,(H,38,39). The van der Waals surface area contributed by atoms with Crippen LogP contribution in [-0.2, 0) is 10.3 Å². The highest BCUT2D eigenvalue weighted by molar-refractivity contribution is 6.20. The molecular weight excluding hydrogens is 498 g/mol. The lowest BCUT2D eigenvalue weighted by atomic mass is 9.79. The molecule has 0 aliphatic carbocycles. The van der Waals surface area contributed by atoms with E-state index in [1.54, 1.807) is 0 Å². The third-order valence-corrected chi connectivity index (χ3v) is 7.97. The summed E-state index contributed by atoms with van der Waals surface area (Å²) in [5.74, 6) is 0.0709. The third-order valence-electron chi connectivity index (χ3n) is 7.97. The second-order valence-corrected chi connectivity index (χ2v) is 11.5. The van der Waals surface area contributed by atoms with Crippen molar-refractivity contribution in [2.24, 2.45) is 15.4 Å². The van der Waals surface area contributed by atoms with Gasteiger partial charge in [0.2, 0.25) is 0 Å². The summed E-state index contributed by atoms with van der Waals surface area (Å²) in [4.78, 5) is 31.7. The van der Waals surface area contributed by atoms with Crippen molar-refractivity contribution in [2.75, 3.05) is 0 Å². The van der Waals surface area contributed by atoms with Crippen LogP contribution in [-0.4, -0.2) is 42.9 Å². The molecule has 0 saturated carbocycles. The maximum Gasteiger partial charge on any atom is 0.173 e. The number of aromatic nitrogens is 4. The van der Waals surface area contributed by atoms with Crippen molar-refractivity contribution >= 4 is 29.4 Å². The van der Waals surface area contributed by atoms with Crippen molar-refractivity contribution in [1.29, 1.82) is 0 Å². The van der Waals surface area contributed by atoms with Gasteiger partial charge in [-0.3, -0.25) is 19.9 Å². The topological polar surface area (TPSA) is 111 Å². The van der Waals surface area contributed by atoms with Gasteiger partial charge in [0.1, 0.15) is 11.1 Å². The molecule has 7 heterocycles. The zero-order valence-electron chi connectivity index (χ0n) is 22.8. The fourth-order valence-electron chi connectivity index (χ4n) is 5.75. The number of carbonyl (C=O) groups excluding carboxylic acids is 1. The van der Waals surface area contributed by atoms with E-state index in [1.807, 2.05) is 101 Å². The van der Waals surface area contributed by atoms with E-state index in [-0.39, 0.29) is 5.78 Å². The van der Waals surface area contributed by atoms with E-state index in [9.17, 15) is 4.79 Å². The van der Waals surface area contributed by atoms with Gasteiger partial charge in [0, 0.05) is 33.8 Å². The number of rotatable bonds is 2. The molecule has 2 unspecified atom stereocenters. The van der Waals surface area contributed by atoms with Gasteiger partial charge in [-0.1, -0.05) is 0 Å². The fourth-order valence-corrected chi connectivity index (χ4v) is 5.75. The minimum absolute atomic E-state index is 0.0709. The minimum atomic E-state index is -0.931. The van der Waals surface area contributed by atoms with Gasteiger partial charge < -0.3 is 10.3 Å². The average Bonchev–Trinajstić information content (AvgIpc) is 3.74. The van der Waals surface area contributed by atoms with Gasteiger partial charge in [0.05, 0.1) is 33.9 Å². The molecule has 3 aromatic rings. The second kappa shape index (κ2) is 8.32. The molecule has 2 atom stereocenters. The van der Waals surface area contributed by atoms with Crippen molar-refractivity contribution in [3.8, 4) is 11.3 Å². The Morgan fingerprint density at radius 1 is 0.900 bits per heavy atom. The van der Waals surface area contributed by atoms with Crippen LogP contribution >= 0.6 is 0 Å². The molecule has 7 rings (SSSR count). The Bertz CT molecular complexity index is 1890. The summed E-state index contributed by atoms with van der Waals surface area (Å²) in [7, 11) is 0. The molecule has 4 aliphatic rings. The summed E-state index contributed by atoms with van der Waals surface area (Å²) in [5.41, 5.74) is 4.00. The lowest BCUT2D eigenvalue weighted by molar-refractivity contribution is -0.126. The number of Topliss-reactive ketones (excluding diaryl/α,β-unsaturated/α-hetero) is 1. The van der Waals surface area contributed by atoms with Crippen molar-refractivity contribution in [1.82, 2.24) is 25.5 Å². The number of fused-ring (bicyclic) bond motifs is 6. The van der Waals surface area contributed by atoms with E-state index >= 15 is 0 Å². The van der Waals surface area contributed by atoms with Crippen molar-refractivity contribution in [2.45, 2.75) is 38.8 Å². The van der Waals surface area contributed by atoms with Crippen LogP contribution in [0.15, 0.2) is 94.4 Å². The SMILES string of the molecule is Cc1ccc(-c2cc(C34C=CC(=N3)C=c3ccc([nH]3)=CC3=NC(=CC5(C)NC(=C4)C(C)(C)C5=O)C=C3)[nH]n2)cn1. The van der Waals surface area contributed by atoms with Gasteiger partial charge >= 0.3 is 0 Å². The molecule has 0 aromatic carbocycles. The van der Waals surface area contributed by atoms with Gasteiger partial charge in [-0.15, -0.1) is 0 Å². The lowest BCUT2D eigenvalue weighted by Gasteiger charge is -2.24. The van der Waals surface area contributed by atoms with Crippen LogP contribution in [0.4, 0.5) is 0 Å². The lowest BCUT2D eigenvalue weighted by Crippen LogP contribution is -2.41. The number of allylic oxidation sites excluding steroid dienone is 4. The van der Waals surface area contributed by atoms with Gasteiger partial charge in [-0.2, -0.15) is 5.10 Å². The highest BCUT2D eigenvalue weighted by atomic mass is 16.1. The molecule has 3 N–H and O–H groups in total. The Balaban J connectivity index is 1.44. The molecule has 4 aliphatic heterocycles. The summed E-state index contributed by atoms with van der Waals surface area (Å²) >= 11 is 0. The summed E-state index contributed by atoms with van der Waals surface area (Å²) in [5, 5.41) is 13.3. The number of hydrogen-bond acceptors (Lipinski definition) is 6. The van der Waals surface area contributed by atoms with E-state index in [0.717, 1.165) is 56.2 Å². The Hall–Kier alpha value is -4.85. The first-order valence-corrected chi connectivity index (χ1v) is 13.3. The molecule has 40 heavy (non-hydrogen) atoms. The van der Waals surface area contributed by atoms with Crippen LogP contribution in [0.2, 0.25) is 0 Å². The van der Waals surface area contributed by atoms with E-state index in [4.69, 9.17) is 9.98 Å².